The van der Waals surface area contributed by atoms with E-state index in [2.05, 4.69) is 4.99 Å². The van der Waals surface area contributed by atoms with Crippen molar-refractivity contribution in [1.82, 2.24) is 0 Å². The summed E-state index contributed by atoms with van der Waals surface area (Å²) >= 11 is 0. The number of hydrogen-bond donors (Lipinski definition) is 1. The lowest BCUT2D eigenvalue weighted by Gasteiger charge is -2.22. The van der Waals surface area contributed by atoms with Gasteiger partial charge in [0, 0.05) is 24.6 Å². The van der Waals surface area contributed by atoms with Crippen LogP contribution in [0.2, 0.25) is 0 Å². The topological polar surface area (TPSA) is 49.7 Å². The summed E-state index contributed by atoms with van der Waals surface area (Å²) in [5.74, 6) is 0.0601. The number of benzene rings is 3. The quantitative estimate of drug-likeness (QED) is 0.537. The number of rotatable bonds is 4. The molecule has 3 aromatic rings. The predicted molar refractivity (Wildman–Crippen MR) is 118 cm³/mol. The number of carbonyl (C=O) groups is 1. The molecule has 1 N–H and O–H groups in total. The summed E-state index contributed by atoms with van der Waals surface area (Å²) in [6.07, 6.45) is 2.36. The van der Waals surface area contributed by atoms with Gasteiger partial charge in [-0.3, -0.25) is 9.79 Å². The van der Waals surface area contributed by atoms with Crippen LogP contribution in [0.4, 0.5) is 5.69 Å². The van der Waals surface area contributed by atoms with Crippen molar-refractivity contribution in [2.45, 2.75) is 25.7 Å². The summed E-state index contributed by atoms with van der Waals surface area (Å²) < 4.78 is 0. The normalized spacial score (nSPS) is 17.1. The zero-order valence-corrected chi connectivity index (χ0v) is 16.4. The number of hydrogen-bond acceptors (Lipinski definition) is 3. The lowest BCUT2D eigenvalue weighted by atomic mass is 9.83. The van der Waals surface area contributed by atoms with Gasteiger partial charge in [0.1, 0.15) is 5.76 Å². The molecule has 4 rings (SSSR count). The van der Waals surface area contributed by atoms with Crippen molar-refractivity contribution in [3.63, 3.8) is 0 Å². The van der Waals surface area contributed by atoms with Crippen LogP contribution in [0.5, 0.6) is 0 Å². The standard InChI is InChI=1S/C26H23NO2/c1-18-11-13-19(14-12-18)21-15-25(28)23(26(29)16-21)17-27-24-10-6-5-9-22(24)20-7-3-2-4-8-20/h2-14,17,21,28H,15-16H2,1H3. The van der Waals surface area contributed by atoms with Gasteiger partial charge in [0.05, 0.1) is 11.3 Å². The molecule has 0 amide bonds. The van der Waals surface area contributed by atoms with Gasteiger partial charge in [-0.1, -0.05) is 78.4 Å². The molecule has 1 atom stereocenters. The Balaban J connectivity index is 1.60. The highest BCUT2D eigenvalue weighted by atomic mass is 16.3. The van der Waals surface area contributed by atoms with Crippen molar-refractivity contribution in [1.29, 1.82) is 0 Å². The van der Waals surface area contributed by atoms with E-state index in [9.17, 15) is 9.90 Å². The van der Waals surface area contributed by atoms with Crippen LogP contribution in [-0.2, 0) is 4.79 Å². The Hall–Kier alpha value is -3.46. The second-order valence-corrected chi connectivity index (χ2v) is 7.44. The first kappa shape index (κ1) is 18.9. The number of aliphatic hydroxyl groups is 1. The van der Waals surface area contributed by atoms with E-state index in [1.165, 1.54) is 11.8 Å². The first-order chi connectivity index (χ1) is 14.1. The second-order valence-electron chi connectivity index (χ2n) is 7.44. The Bertz CT molecular complexity index is 1080. The van der Waals surface area contributed by atoms with E-state index in [0.29, 0.717) is 18.4 Å². The maximum atomic E-state index is 12.7. The van der Waals surface area contributed by atoms with Crippen LogP contribution >= 0.6 is 0 Å². The van der Waals surface area contributed by atoms with Gasteiger partial charge in [-0.05, 0) is 30.0 Å². The molecule has 0 saturated heterocycles. The highest BCUT2D eigenvalue weighted by Crippen LogP contribution is 2.34. The van der Waals surface area contributed by atoms with Crippen LogP contribution in [0.25, 0.3) is 11.1 Å². The molecule has 0 saturated carbocycles. The molecule has 144 valence electrons. The summed E-state index contributed by atoms with van der Waals surface area (Å²) in [6, 6.07) is 26.0. The molecule has 0 radical (unpaired) electrons. The molecule has 0 fully saturated rings. The summed E-state index contributed by atoms with van der Waals surface area (Å²) in [7, 11) is 0. The lowest BCUT2D eigenvalue weighted by Crippen LogP contribution is -2.19. The molecule has 3 heteroatoms. The van der Waals surface area contributed by atoms with E-state index in [1.807, 2.05) is 85.8 Å². The monoisotopic (exact) mass is 381 g/mol. The van der Waals surface area contributed by atoms with Crippen molar-refractivity contribution < 1.29 is 9.90 Å². The summed E-state index contributed by atoms with van der Waals surface area (Å²) in [5.41, 5.74) is 5.41. The van der Waals surface area contributed by atoms with E-state index in [0.717, 1.165) is 22.4 Å². The molecule has 0 heterocycles. The van der Waals surface area contributed by atoms with Gasteiger partial charge in [0.2, 0.25) is 0 Å². The van der Waals surface area contributed by atoms with Crippen molar-refractivity contribution in [2.75, 3.05) is 0 Å². The number of carbonyl (C=O) groups excluding carboxylic acids is 1. The van der Waals surface area contributed by atoms with Crippen molar-refractivity contribution in [3.8, 4) is 11.1 Å². The smallest absolute Gasteiger partial charge is 0.168 e. The molecule has 1 aliphatic carbocycles. The summed E-state index contributed by atoms with van der Waals surface area (Å²) in [5, 5.41) is 10.6. The SMILES string of the molecule is Cc1ccc(C2CC(=O)C(C=Nc3ccccc3-c3ccccc3)=C(O)C2)cc1. The fourth-order valence-corrected chi connectivity index (χ4v) is 3.71. The molecule has 1 unspecified atom stereocenters. The number of para-hydroxylation sites is 1. The number of aryl methyl sites for hydroxylation is 1. The minimum Gasteiger partial charge on any atom is -0.511 e. The molecule has 1 aliphatic rings. The van der Waals surface area contributed by atoms with Gasteiger partial charge >= 0.3 is 0 Å². The van der Waals surface area contributed by atoms with Crippen molar-refractivity contribution >= 4 is 17.7 Å². The van der Waals surface area contributed by atoms with Gasteiger partial charge < -0.3 is 5.11 Å². The third kappa shape index (κ3) is 4.19. The Morgan fingerprint density at radius 1 is 0.897 bits per heavy atom. The van der Waals surface area contributed by atoms with Gasteiger partial charge in [-0.2, -0.15) is 0 Å². The maximum Gasteiger partial charge on any atom is 0.168 e. The molecule has 0 bridgehead atoms. The highest BCUT2D eigenvalue weighted by Gasteiger charge is 2.27. The first-order valence-electron chi connectivity index (χ1n) is 9.82. The number of ketones is 1. The van der Waals surface area contributed by atoms with Gasteiger partial charge in [-0.25, -0.2) is 0 Å². The van der Waals surface area contributed by atoms with E-state index in [1.54, 1.807) is 0 Å². The predicted octanol–water partition coefficient (Wildman–Crippen LogP) is 6.32. The average molecular weight is 381 g/mol. The zero-order valence-electron chi connectivity index (χ0n) is 16.4. The van der Waals surface area contributed by atoms with Crippen LogP contribution in [-0.4, -0.2) is 17.1 Å². The Labute approximate surface area is 171 Å². The molecule has 0 aliphatic heterocycles. The van der Waals surface area contributed by atoms with E-state index in [-0.39, 0.29) is 17.5 Å². The molecular formula is C26H23NO2. The Morgan fingerprint density at radius 2 is 1.59 bits per heavy atom. The fourth-order valence-electron chi connectivity index (χ4n) is 3.71. The second kappa shape index (κ2) is 8.27. The van der Waals surface area contributed by atoms with E-state index in [4.69, 9.17) is 0 Å². The third-order valence-corrected chi connectivity index (χ3v) is 5.35. The van der Waals surface area contributed by atoms with Crippen LogP contribution in [0.15, 0.2) is 95.2 Å². The minimum absolute atomic E-state index is 0.0110. The van der Waals surface area contributed by atoms with E-state index >= 15 is 0 Å². The number of Topliss-reactive ketones (excluding diaryl/α,β-unsaturated/α-hetero) is 1. The summed E-state index contributed by atoms with van der Waals surface area (Å²) in [4.78, 5) is 17.3. The van der Waals surface area contributed by atoms with Gasteiger partial charge in [-0.15, -0.1) is 0 Å². The van der Waals surface area contributed by atoms with Crippen LogP contribution in [0, 0.1) is 6.92 Å². The zero-order chi connectivity index (χ0) is 20.2. The maximum absolute atomic E-state index is 12.7. The van der Waals surface area contributed by atoms with E-state index < -0.39 is 0 Å². The number of aliphatic imine (C=N–C) groups is 1. The molecule has 29 heavy (non-hydrogen) atoms. The minimum atomic E-state index is -0.0692. The van der Waals surface area contributed by atoms with Crippen LogP contribution in [0.3, 0.4) is 0 Å². The van der Waals surface area contributed by atoms with Crippen molar-refractivity contribution in [2.24, 2.45) is 4.99 Å². The van der Waals surface area contributed by atoms with Gasteiger partial charge in [0.15, 0.2) is 5.78 Å². The third-order valence-electron chi connectivity index (χ3n) is 5.35. The molecule has 0 spiro atoms. The molecular weight excluding hydrogens is 358 g/mol. The lowest BCUT2D eigenvalue weighted by molar-refractivity contribution is -0.116. The Kier molecular flexibility index (Phi) is 5.39. The summed E-state index contributed by atoms with van der Waals surface area (Å²) in [6.45, 7) is 2.04. The van der Waals surface area contributed by atoms with Crippen LogP contribution < -0.4 is 0 Å². The molecule has 0 aromatic heterocycles. The highest BCUT2D eigenvalue weighted by molar-refractivity contribution is 6.15. The molecule has 3 aromatic carbocycles. The molecule has 3 nitrogen and oxygen atoms in total. The number of aliphatic hydroxyl groups excluding tert-OH is 1. The van der Waals surface area contributed by atoms with Crippen LogP contribution in [0.1, 0.15) is 29.9 Å². The van der Waals surface area contributed by atoms with Gasteiger partial charge in [0.25, 0.3) is 0 Å². The van der Waals surface area contributed by atoms with Crippen molar-refractivity contribution in [3.05, 3.63) is 101 Å². The number of nitrogens with zero attached hydrogens (tertiary/aromatic N) is 1. The largest absolute Gasteiger partial charge is 0.511 e. The number of allylic oxidation sites excluding steroid dienone is 2. The first-order valence-corrected chi connectivity index (χ1v) is 9.82. The Morgan fingerprint density at radius 3 is 2.31 bits per heavy atom. The average Bonchev–Trinajstić information content (AvgIpc) is 2.74. The fraction of sp³-hybridized carbons (Fsp3) is 0.154.